The molecule has 3 rings (SSSR count). The molecule has 2 aromatic carbocycles. The first kappa shape index (κ1) is 22.9. The minimum Gasteiger partial charge on any atom is -0.444 e. The fraction of sp³-hybridized carbons (Fsp3) is 0.462. The number of benzene rings is 2. The Morgan fingerprint density at radius 3 is 2.10 bits per heavy atom. The monoisotopic (exact) mass is 423 g/mol. The van der Waals surface area contributed by atoms with Crippen molar-refractivity contribution in [2.75, 3.05) is 0 Å². The van der Waals surface area contributed by atoms with E-state index in [2.05, 4.69) is 0 Å². The molecule has 166 valence electrons. The van der Waals surface area contributed by atoms with Crippen molar-refractivity contribution in [3.8, 4) is 5.75 Å². The van der Waals surface area contributed by atoms with Crippen LogP contribution in [-0.4, -0.2) is 28.6 Å². The molecule has 0 atom stereocenters. The molecular formula is C26H33NO4. The van der Waals surface area contributed by atoms with Gasteiger partial charge in [-0.2, -0.15) is 0 Å². The van der Waals surface area contributed by atoms with Gasteiger partial charge in [0.1, 0.15) is 11.4 Å². The Morgan fingerprint density at radius 1 is 0.935 bits per heavy atom. The van der Waals surface area contributed by atoms with Gasteiger partial charge in [0.2, 0.25) is 0 Å². The molecule has 5 nitrogen and oxygen atoms in total. The summed E-state index contributed by atoms with van der Waals surface area (Å²) in [6.07, 6.45) is 3.63. The van der Waals surface area contributed by atoms with Crippen molar-refractivity contribution in [1.82, 2.24) is 4.90 Å². The van der Waals surface area contributed by atoms with Gasteiger partial charge in [-0.1, -0.05) is 42.5 Å². The van der Waals surface area contributed by atoms with E-state index in [4.69, 9.17) is 9.47 Å². The Morgan fingerprint density at radius 2 is 1.55 bits per heavy atom. The molecule has 0 heterocycles. The third kappa shape index (κ3) is 6.84. The maximum Gasteiger partial charge on any atom is 0.410 e. The van der Waals surface area contributed by atoms with Crippen molar-refractivity contribution in [1.29, 1.82) is 0 Å². The summed E-state index contributed by atoms with van der Waals surface area (Å²) in [6, 6.07) is 18.0. The topological polar surface area (TPSA) is 55.8 Å². The maximum atomic E-state index is 13.0. The fourth-order valence-corrected chi connectivity index (χ4v) is 4.14. The van der Waals surface area contributed by atoms with E-state index in [0.717, 1.165) is 31.2 Å². The normalized spacial score (nSPS) is 18.8. The highest BCUT2D eigenvalue weighted by molar-refractivity contribution is 5.69. The number of carbonyl (C=O) groups excluding carboxylic acids is 2. The van der Waals surface area contributed by atoms with Gasteiger partial charge in [-0.15, -0.1) is 0 Å². The summed E-state index contributed by atoms with van der Waals surface area (Å²) in [5, 5.41) is 0. The predicted octanol–water partition coefficient (Wildman–Crippen LogP) is 6.08. The smallest absolute Gasteiger partial charge is 0.410 e. The van der Waals surface area contributed by atoms with Gasteiger partial charge in [-0.25, -0.2) is 4.79 Å². The zero-order valence-corrected chi connectivity index (χ0v) is 19.0. The first-order valence-electron chi connectivity index (χ1n) is 11.0. The van der Waals surface area contributed by atoms with Crippen LogP contribution in [0.1, 0.15) is 70.4 Å². The van der Waals surface area contributed by atoms with Crippen LogP contribution in [0.4, 0.5) is 4.79 Å². The first-order chi connectivity index (χ1) is 14.7. The Hall–Kier alpha value is -2.82. The van der Waals surface area contributed by atoms with Crippen molar-refractivity contribution < 1.29 is 19.1 Å². The molecule has 1 aliphatic carbocycles. The van der Waals surface area contributed by atoms with Gasteiger partial charge in [0.05, 0.1) is 0 Å². The first-order valence-corrected chi connectivity index (χ1v) is 11.0. The van der Waals surface area contributed by atoms with Crippen LogP contribution in [0, 0.1) is 0 Å². The fourth-order valence-electron chi connectivity index (χ4n) is 4.14. The Labute approximate surface area is 185 Å². The summed E-state index contributed by atoms with van der Waals surface area (Å²) in [5.74, 6) is 0.706. The highest BCUT2D eigenvalue weighted by Crippen LogP contribution is 2.36. The molecule has 0 radical (unpaired) electrons. The Kier molecular flexibility index (Phi) is 7.37. The third-order valence-electron chi connectivity index (χ3n) is 5.57. The lowest BCUT2D eigenvalue weighted by Gasteiger charge is -2.38. The van der Waals surface area contributed by atoms with Crippen LogP contribution >= 0.6 is 0 Å². The van der Waals surface area contributed by atoms with E-state index in [9.17, 15) is 9.59 Å². The maximum absolute atomic E-state index is 13.0. The number of carbonyl (C=O) groups is 2. The number of amides is 1. The van der Waals surface area contributed by atoms with E-state index < -0.39 is 5.60 Å². The van der Waals surface area contributed by atoms with Crippen LogP contribution in [0.15, 0.2) is 54.6 Å². The lowest BCUT2D eigenvalue weighted by Crippen LogP contribution is -2.44. The van der Waals surface area contributed by atoms with Gasteiger partial charge in [0, 0.05) is 19.5 Å². The second-order valence-electron chi connectivity index (χ2n) is 9.26. The number of ether oxygens (including phenoxy) is 2. The largest absolute Gasteiger partial charge is 0.444 e. The van der Waals surface area contributed by atoms with Gasteiger partial charge < -0.3 is 14.4 Å². The molecule has 0 aliphatic heterocycles. The summed E-state index contributed by atoms with van der Waals surface area (Å²) < 4.78 is 10.9. The lowest BCUT2D eigenvalue weighted by molar-refractivity contribution is -0.131. The van der Waals surface area contributed by atoms with E-state index in [0.29, 0.717) is 18.2 Å². The summed E-state index contributed by atoms with van der Waals surface area (Å²) in [4.78, 5) is 26.0. The quantitative estimate of drug-likeness (QED) is 0.432. The van der Waals surface area contributed by atoms with Crippen molar-refractivity contribution in [3.63, 3.8) is 0 Å². The van der Waals surface area contributed by atoms with Crippen LogP contribution in [0.25, 0.3) is 0 Å². The molecule has 0 N–H and O–H groups in total. The van der Waals surface area contributed by atoms with E-state index in [1.54, 1.807) is 0 Å². The Bertz CT molecular complexity index is 863. The predicted molar refractivity (Wildman–Crippen MR) is 121 cm³/mol. The molecule has 0 saturated heterocycles. The van der Waals surface area contributed by atoms with Crippen molar-refractivity contribution >= 4 is 12.1 Å². The third-order valence-corrected chi connectivity index (χ3v) is 5.57. The molecule has 5 heteroatoms. The minimum absolute atomic E-state index is 0.159. The van der Waals surface area contributed by atoms with Crippen molar-refractivity contribution in [2.45, 2.75) is 77.5 Å². The molecule has 0 bridgehead atoms. The number of hydrogen-bond acceptors (Lipinski definition) is 4. The molecule has 1 amide bonds. The molecule has 31 heavy (non-hydrogen) atoms. The highest BCUT2D eigenvalue weighted by Gasteiger charge is 2.32. The number of nitrogens with zero attached hydrogens (tertiary/aromatic N) is 1. The minimum atomic E-state index is -0.521. The van der Waals surface area contributed by atoms with Gasteiger partial charge in [0.15, 0.2) is 0 Å². The second-order valence-corrected chi connectivity index (χ2v) is 9.26. The Balaban J connectivity index is 1.66. The molecule has 1 aliphatic rings. The summed E-state index contributed by atoms with van der Waals surface area (Å²) in [5.41, 5.74) is 1.84. The molecule has 1 saturated carbocycles. The molecule has 0 spiro atoms. The van der Waals surface area contributed by atoms with Crippen LogP contribution in [-0.2, 0) is 16.1 Å². The summed E-state index contributed by atoms with van der Waals surface area (Å²) >= 11 is 0. The number of rotatable bonds is 5. The number of hydrogen-bond donors (Lipinski definition) is 0. The average Bonchev–Trinajstić information content (AvgIpc) is 2.72. The zero-order chi connectivity index (χ0) is 22.4. The van der Waals surface area contributed by atoms with E-state index >= 15 is 0 Å². The SMILES string of the molecule is CC(=O)Oc1ccc(C2CCC(N(Cc3ccccc3)C(=O)OC(C)(C)C)CC2)cc1. The molecule has 0 unspecified atom stereocenters. The van der Waals surface area contributed by atoms with Crippen LogP contribution in [0.2, 0.25) is 0 Å². The standard InChI is InChI=1S/C26H33NO4/c1-19(28)30-24-16-12-22(13-17-24)21-10-14-23(15-11-21)27(25(29)31-26(2,3)4)18-20-8-6-5-7-9-20/h5-9,12-13,16-17,21,23H,10-11,14-15,18H2,1-4H3. The average molecular weight is 424 g/mol. The summed E-state index contributed by atoms with van der Waals surface area (Å²) in [6.45, 7) is 7.68. The molecule has 2 aromatic rings. The van der Waals surface area contributed by atoms with Crippen molar-refractivity contribution in [3.05, 3.63) is 65.7 Å². The number of esters is 1. The van der Waals surface area contributed by atoms with Crippen LogP contribution < -0.4 is 4.74 Å². The molecular weight excluding hydrogens is 390 g/mol. The van der Waals surface area contributed by atoms with Gasteiger partial charge in [0.25, 0.3) is 0 Å². The van der Waals surface area contributed by atoms with Gasteiger partial charge in [-0.3, -0.25) is 4.79 Å². The molecule has 0 aromatic heterocycles. The highest BCUT2D eigenvalue weighted by atomic mass is 16.6. The molecule has 1 fully saturated rings. The van der Waals surface area contributed by atoms with Crippen LogP contribution in [0.5, 0.6) is 5.75 Å². The van der Waals surface area contributed by atoms with Gasteiger partial charge >= 0.3 is 12.1 Å². The van der Waals surface area contributed by atoms with Crippen LogP contribution in [0.3, 0.4) is 0 Å². The van der Waals surface area contributed by atoms with E-state index in [-0.39, 0.29) is 18.1 Å². The summed E-state index contributed by atoms with van der Waals surface area (Å²) in [7, 11) is 0. The second kappa shape index (κ2) is 9.99. The van der Waals surface area contributed by atoms with Gasteiger partial charge in [-0.05, 0) is 75.6 Å². The zero-order valence-electron chi connectivity index (χ0n) is 19.0. The van der Waals surface area contributed by atoms with E-state index in [1.165, 1.54) is 12.5 Å². The van der Waals surface area contributed by atoms with Crippen molar-refractivity contribution in [2.24, 2.45) is 0 Å². The lowest BCUT2D eigenvalue weighted by atomic mass is 9.81. The van der Waals surface area contributed by atoms with E-state index in [1.807, 2.05) is 80.3 Å².